The van der Waals surface area contributed by atoms with Crippen molar-refractivity contribution >= 4 is 27.5 Å². The van der Waals surface area contributed by atoms with Crippen molar-refractivity contribution in [2.24, 2.45) is 0 Å². The van der Waals surface area contributed by atoms with Gasteiger partial charge in [-0.25, -0.2) is 9.78 Å². The number of aromatic nitrogens is 2. The number of esters is 1. The molecule has 2 aromatic heterocycles. The van der Waals surface area contributed by atoms with E-state index < -0.39 is 12.1 Å². The fraction of sp³-hybridized carbons (Fsp3) is 0.296. The van der Waals surface area contributed by atoms with E-state index in [9.17, 15) is 14.7 Å². The van der Waals surface area contributed by atoms with Crippen LogP contribution in [0.4, 0.5) is 0 Å². The Hall–Kier alpha value is -3.53. The van der Waals surface area contributed by atoms with Crippen LogP contribution >= 0.6 is 11.3 Å². The predicted molar refractivity (Wildman–Crippen MR) is 140 cm³/mol. The average Bonchev–Trinajstić information content (AvgIpc) is 3.20. The number of thiophene rings is 1. The molecule has 0 aliphatic carbocycles. The molecule has 8 nitrogen and oxygen atoms in total. The van der Waals surface area contributed by atoms with Crippen LogP contribution in [-0.2, 0) is 17.8 Å². The Bertz CT molecular complexity index is 1400. The molecule has 0 amide bonds. The number of nitrogens with zero attached hydrogens (tertiary/aromatic N) is 2. The molecule has 1 atom stereocenters. The standard InChI is InChI=1S/C27H29N3O5S/c1-17-9-7-8-12-21(17)35-16-20(31)14-30(13-19-10-5-4-6-11-19)15-22-28-25(32)23-18(2)24(27(33)34-3)36-26(23)29-22/h4-12,20,31H,13-16H2,1-3H3,(H,28,29,32). The van der Waals surface area contributed by atoms with Crippen molar-refractivity contribution in [1.82, 2.24) is 14.9 Å². The quantitative estimate of drug-likeness (QED) is 0.314. The van der Waals surface area contributed by atoms with Gasteiger partial charge in [0.15, 0.2) is 0 Å². The van der Waals surface area contributed by atoms with E-state index in [0.717, 1.165) is 28.2 Å². The SMILES string of the molecule is COC(=O)c1sc2nc(CN(Cc3ccccc3)CC(O)COc3ccccc3C)[nH]c(=O)c2c1C. The molecule has 2 N–H and O–H groups in total. The van der Waals surface area contributed by atoms with E-state index in [0.29, 0.717) is 46.1 Å². The molecular formula is C27H29N3O5S. The number of aliphatic hydroxyl groups excluding tert-OH is 1. The summed E-state index contributed by atoms with van der Waals surface area (Å²) in [4.78, 5) is 35.3. The number of para-hydroxylation sites is 1. The lowest BCUT2D eigenvalue weighted by Gasteiger charge is -2.25. The number of rotatable bonds is 10. The van der Waals surface area contributed by atoms with Crippen molar-refractivity contribution in [2.75, 3.05) is 20.3 Å². The summed E-state index contributed by atoms with van der Waals surface area (Å²) in [6, 6.07) is 17.5. The Morgan fingerprint density at radius 1 is 1.11 bits per heavy atom. The van der Waals surface area contributed by atoms with Crippen molar-refractivity contribution < 1.29 is 19.4 Å². The topological polar surface area (TPSA) is 105 Å². The van der Waals surface area contributed by atoms with E-state index in [2.05, 4.69) is 9.97 Å². The van der Waals surface area contributed by atoms with Gasteiger partial charge in [0.1, 0.15) is 34.0 Å². The zero-order chi connectivity index (χ0) is 25.7. The highest BCUT2D eigenvalue weighted by atomic mass is 32.1. The number of carbonyl (C=O) groups excluding carboxylic acids is 1. The van der Waals surface area contributed by atoms with Gasteiger partial charge in [0.05, 0.1) is 19.0 Å². The number of aliphatic hydroxyl groups is 1. The minimum atomic E-state index is -0.765. The number of hydrogen-bond donors (Lipinski definition) is 2. The number of methoxy groups -OCH3 is 1. The summed E-state index contributed by atoms with van der Waals surface area (Å²) in [6.45, 7) is 4.95. The Kier molecular flexibility index (Phi) is 8.14. The van der Waals surface area contributed by atoms with Crippen LogP contribution in [0.2, 0.25) is 0 Å². The molecule has 2 heterocycles. The summed E-state index contributed by atoms with van der Waals surface area (Å²) in [5.74, 6) is 0.698. The molecule has 0 saturated carbocycles. The maximum atomic E-state index is 12.9. The van der Waals surface area contributed by atoms with Gasteiger partial charge in [0.25, 0.3) is 5.56 Å². The normalized spacial score (nSPS) is 12.1. The molecule has 4 aromatic rings. The van der Waals surface area contributed by atoms with Crippen LogP contribution < -0.4 is 10.3 Å². The fourth-order valence-corrected chi connectivity index (χ4v) is 5.16. The Balaban J connectivity index is 1.55. The monoisotopic (exact) mass is 507 g/mol. The molecule has 0 fully saturated rings. The maximum absolute atomic E-state index is 12.9. The molecule has 1 unspecified atom stereocenters. The van der Waals surface area contributed by atoms with E-state index in [-0.39, 0.29) is 12.2 Å². The van der Waals surface area contributed by atoms with Crippen molar-refractivity contribution in [2.45, 2.75) is 33.0 Å². The predicted octanol–water partition coefficient (Wildman–Crippen LogP) is 3.83. The molecule has 2 aromatic carbocycles. The third kappa shape index (κ3) is 5.99. The maximum Gasteiger partial charge on any atom is 0.348 e. The summed E-state index contributed by atoms with van der Waals surface area (Å²) >= 11 is 1.14. The molecule has 0 saturated heterocycles. The average molecular weight is 508 g/mol. The van der Waals surface area contributed by atoms with E-state index in [1.54, 1.807) is 6.92 Å². The minimum absolute atomic E-state index is 0.131. The third-order valence-electron chi connectivity index (χ3n) is 5.84. The number of nitrogens with one attached hydrogen (secondary N) is 1. The first-order valence-corrected chi connectivity index (χ1v) is 12.4. The van der Waals surface area contributed by atoms with Crippen LogP contribution in [0.3, 0.4) is 0 Å². The van der Waals surface area contributed by atoms with E-state index in [1.165, 1.54) is 7.11 Å². The summed E-state index contributed by atoms with van der Waals surface area (Å²) < 4.78 is 10.7. The molecule has 9 heteroatoms. The second-order valence-electron chi connectivity index (χ2n) is 8.63. The number of aryl methyl sites for hydroxylation is 2. The van der Waals surface area contributed by atoms with Gasteiger partial charge in [0.2, 0.25) is 0 Å². The number of ether oxygens (including phenoxy) is 2. The number of benzene rings is 2. The first-order chi connectivity index (χ1) is 17.4. The summed E-state index contributed by atoms with van der Waals surface area (Å²) in [5, 5.41) is 11.2. The van der Waals surface area contributed by atoms with Crippen LogP contribution in [0, 0.1) is 13.8 Å². The number of fused-ring (bicyclic) bond motifs is 1. The highest BCUT2D eigenvalue weighted by molar-refractivity contribution is 7.20. The molecule has 0 radical (unpaired) electrons. The van der Waals surface area contributed by atoms with Crippen LogP contribution in [0.15, 0.2) is 59.4 Å². The van der Waals surface area contributed by atoms with Gasteiger partial charge >= 0.3 is 5.97 Å². The Morgan fingerprint density at radius 3 is 2.56 bits per heavy atom. The van der Waals surface area contributed by atoms with Gasteiger partial charge in [0, 0.05) is 13.1 Å². The fourth-order valence-electron chi connectivity index (χ4n) is 4.04. The number of aromatic amines is 1. The van der Waals surface area contributed by atoms with Gasteiger partial charge in [-0.2, -0.15) is 0 Å². The van der Waals surface area contributed by atoms with Gasteiger partial charge in [-0.05, 0) is 36.6 Å². The highest BCUT2D eigenvalue weighted by Crippen LogP contribution is 2.27. The molecule has 0 aliphatic heterocycles. The van der Waals surface area contributed by atoms with Gasteiger partial charge in [-0.3, -0.25) is 9.69 Å². The van der Waals surface area contributed by atoms with Crippen molar-refractivity contribution in [3.63, 3.8) is 0 Å². The number of H-pyrrole nitrogens is 1. The van der Waals surface area contributed by atoms with Gasteiger partial charge in [-0.15, -0.1) is 11.3 Å². The lowest BCUT2D eigenvalue weighted by Crippen LogP contribution is -2.36. The van der Waals surface area contributed by atoms with E-state index in [1.807, 2.05) is 66.4 Å². The lowest BCUT2D eigenvalue weighted by molar-refractivity contribution is 0.0604. The molecular weight excluding hydrogens is 478 g/mol. The lowest BCUT2D eigenvalue weighted by atomic mass is 10.2. The van der Waals surface area contributed by atoms with Crippen LogP contribution in [-0.4, -0.2) is 52.3 Å². The Labute approximate surface area is 213 Å². The second-order valence-corrected chi connectivity index (χ2v) is 9.63. The first-order valence-electron chi connectivity index (χ1n) is 11.6. The van der Waals surface area contributed by atoms with Crippen molar-refractivity contribution in [3.8, 4) is 5.75 Å². The smallest absolute Gasteiger partial charge is 0.348 e. The van der Waals surface area contributed by atoms with E-state index >= 15 is 0 Å². The largest absolute Gasteiger partial charge is 0.491 e. The molecule has 36 heavy (non-hydrogen) atoms. The van der Waals surface area contributed by atoms with Crippen LogP contribution in [0.1, 0.15) is 32.2 Å². The zero-order valence-electron chi connectivity index (χ0n) is 20.5. The third-order valence-corrected chi connectivity index (χ3v) is 7.00. The molecule has 0 aliphatic rings. The van der Waals surface area contributed by atoms with Crippen molar-refractivity contribution in [3.05, 3.63) is 92.3 Å². The summed E-state index contributed by atoms with van der Waals surface area (Å²) in [7, 11) is 1.31. The first kappa shape index (κ1) is 25.6. The van der Waals surface area contributed by atoms with Crippen molar-refractivity contribution in [1.29, 1.82) is 0 Å². The molecule has 188 valence electrons. The van der Waals surface area contributed by atoms with Crippen LogP contribution in [0.5, 0.6) is 5.75 Å². The van der Waals surface area contributed by atoms with Crippen LogP contribution in [0.25, 0.3) is 10.2 Å². The number of carbonyl (C=O) groups is 1. The van der Waals surface area contributed by atoms with E-state index in [4.69, 9.17) is 9.47 Å². The molecule has 4 rings (SSSR count). The van der Waals surface area contributed by atoms with Gasteiger partial charge in [-0.1, -0.05) is 48.5 Å². The number of hydrogen-bond acceptors (Lipinski definition) is 8. The van der Waals surface area contributed by atoms with Gasteiger partial charge < -0.3 is 19.6 Å². The summed E-state index contributed by atoms with van der Waals surface area (Å²) in [5.41, 5.74) is 2.32. The Morgan fingerprint density at radius 2 is 1.83 bits per heavy atom. The summed E-state index contributed by atoms with van der Waals surface area (Å²) in [6.07, 6.45) is -0.765. The molecule has 0 spiro atoms. The highest BCUT2D eigenvalue weighted by Gasteiger charge is 2.21. The second kappa shape index (κ2) is 11.5. The minimum Gasteiger partial charge on any atom is -0.491 e. The molecule has 0 bridgehead atoms. The zero-order valence-corrected chi connectivity index (χ0v) is 21.3.